The average molecular weight is 330 g/mol. The molecule has 1 fully saturated rings. The summed E-state index contributed by atoms with van der Waals surface area (Å²) in [5.41, 5.74) is 2.02. The van der Waals surface area contributed by atoms with E-state index in [1.54, 1.807) is 6.20 Å². The minimum atomic E-state index is -0.494. The number of likely N-dealkylation sites (tertiary alicyclic amines) is 1. The van der Waals surface area contributed by atoms with E-state index in [0.29, 0.717) is 31.5 Å². The van der Waals surface area contributed by atoms with Gasteiger partial charge in [-0.05, 0) is 30.5 Å². The molecule has 1 aliphatic rings. The largest absolute Gasteiger partial charge is 0.338 e. The lowest BCUT2D eigenvalue weighted by Gasteiger charge is -2.37. The SMILES string of the molecule is N#CC1(c2ccccc2)CCN(C(=O)c2ccc3nccn3c2)CC1. The van der Waals surface area contributed by atoms with Crippen molar-refractivity contribution in [2.75, 3.05) is 13.1 Å². The second-order valence-corrected chi connectivity index (χ2v) is 6.46. The number of carbonyl (C=O) groups is 1. The maximum absolute atomic E-state index is 12.8. The number of hydrogen-bond donors (Lipinski definition) is 0. The smallest absolute Gasteiger partial charge is 0.255 e. The van der Waals surface area contributed by atoms with Crippen LogP contribution in [0.2, 0.25) is 0 Å². The highest BCUT2D eigenvalue weighted by Gasteiger charge is 2.37. The van der Waals surface area contributed by atoms with Crippen LogP contribution in [0.3, 0.4) is 0 Å². The molecule has 0 N–H and O–H groups in total. The Morgan fingerprint density at radius 1 is 1.12 bits per heavy atom. The first-order valence-electron chi connectivity index (χ1n) is 8.41. The normalized spacial score (nSPS) is 16.5. The van der Waals surface area contributed by atoms with Gasteiger partial charge in [-0.15, -0.1) is 0 Å². The molecule has 25 heavy (non-hydrogen) atoms. The number of aromatic nitrogens is 2. The summed E-state index contributed by atoms with van der Waals surface area (Å²) in [6, 6.07) is 16.1. The number of rotatable bonds is 2. The van der Waals surface area contributed by atoms with Gasteiger partial charge in [-0.25, -0.2) is 4.98 Å². The van der Waals surface area contributed by atoms with Crippen LogP contribution in [0.5, 0.6) is 0 Å². The van der Waals surface area contributed by atoms with Gasteiger partial charge in [0.1, 0.15) is 5.65 Å². The first kappa shape index (κ1) is 15.4. The Morgan fingerprint density at radius 3 is 2.60 bits per heavy atom. The van der Waals surface area contributed by atoms with Gasteiger partial charge in [0.2, 0.25) is 0 Å². The molecule has 2 aromatic heterocycles. The Balaban J connectivity index is 1.53. The summed E-state index contributed by atoms with van der Waals surface area (Å²) in [4.78, 5) is 18.9. The van der Waals surface area contributed by atoms with Gasteiger partial charge >= 0.3 is 0 Å². The Hall–Kier alpha value is -3.13. The molecular formula is C20H18N4O. The predicted octanol–water partition coefficient (Wildman–Crippen LogP) is 3.03. The number of hydrogen-bond acceptors (Lipinski definition) is 3. The van der Waals surface area contributed by atoms with Crippen LogP contribution in [0.4, 0.5) is 0 Å². The van der Waals surface area contributed by atoms with Crippen LogP contribution in [-0.4, -0.2) is 33.3 Å². The molecule has 1 aliphatic heterocycles. The molecule has 5 nitrogen and oxygen atoms in total. The summed E-state index contributed by atoms with van der Waals surface area (Å²) in [5, 5.41) is 9.77. The van der Waals surface area contributed by atoms with Crippen LogP contribution in [0, 0.1) is 11.3 Å². The molecule has 0 aliphatic carbocycles. The van der Waals surface area contributed by atoms with Crippen molar-refractivity contribution in [3.05, 3.63) is 72.2 Å². The van der Waals surface area contributed by atoms with Crippen molar-refractivity contribution in [3.8, 4) is 6.07 Å². The van der Waals surface area contributed by atoms with E-state index in [4.69, 9.17) is 0 Å². The average Bonchev–Trinajstić information content (AvgIpc) is 3.16. The Labute approximate surface area is 146 Å². The number of amides is 1. The fourth-order valence-corrected chi connectivity index (χ4v) is 3.54. The summed E-state index contributed by atoms with van der Waals surface area (Å²) in [6.45, 7) is 1.17. The number of piperidine rings is 1. The number of nitrogens with zero attached hydrogens (tertiary/aromatic N) is 4. The summed E-state index contributed by atoms with van der Waals surface area (Å²) in [7, 11) is 0. The van der Waals surface area contributed by atoms with Gasteiger partial charge < -0.3 is 9.30 Å². The van der Waals surface area contributed by atoms with Crippen molar-refractivity contribution in [3.63, 3.8) is 0 Å². The Morgan fingerprint density at radius 2 is 1.88 bits per heavy atom. The second kappa shape index (κ2) is 6.06. The molecule has 0 atom stereocenters. The molecule has 5 heteroatoms. The minimum Gasteiger partial charge on any atom is -0.338 e. The monoisotopic (exact) mass is 330 g/mol. The lowest BCUT2D eigenvalue weighted by atomic mass is 9.74. The third kappa shape index (κ3) is 2.66. The van der Waals surface area contributed by atoms with Gasteiger partial charge in [-0.3, -0.25) is 4.79 Å². The number of pyridine rings is 1. The van der Waals surface area contributed by atoms with E-state index in [1.165, 1.54) is 0 Å². The van der Waals surface area contributed by atoms with E-state index in [1.807, 2.05) is 64.2 Å². The standard InChI is InChI=1S/C20H18N4O/c21-15-20(17-4-2-1-3-5-17)8-11-23(12-9-20)19(25)16-6-7-18-22-10-13-24(18)14-16/h1-7,10,13-14H,8-9,11-12H2. The highest BCUT2D eigenvalue weighted by molar-refractivity contribution is 5.94. The van der Waals surface area contributed by atoms with Gasteiger partial charge in [-0.1, -0.05) is 30.3 Å². The number of nitriles is 1. The van der Waals surface area contributed by atoms with E-state index in [9.17, 15) is 10.1 Å². The fourth-order valence-electron chi connectivity index (χ4n) is 3.54. The molecule has 0 unspecified atom stereocenters. The summed E-state index contributed by atoms with van der Waals surface area (Å²) >= 11 is 0. The molecule has 1 aromatic carbocycles. The molecule has 1 amide bonds. The first-order chi connectivity index (χ1) is 12.2. The van der Waals surface area contributed by atoms with E-state index >= 15 is 0 Å². The van der Waals surface area contributed by atoms with Gasteiger partial charge in [0, 0.05) is 31.7 Å². The second-order valence-electron chi connectivity index (χ2n) is 6.46. The van der Waals surface area contributed by atoms with Crippen LogP contribution in [0.1, 0.15) is 28.8 Å². The van der Waals surface area contributed by atoms with Crippen molar-refractivity contribution in [2.45, 2.75) is 18.3 Å². The van der Waals surface area contributed by atoms with Gasteiger partial charge in [0.25, 0.3) is 5.91 Å². The fraction of sp³-hybridized carbons (Fsp3) is 0.250. The van der Waals surface area contributed by atoms with Gasteiger partial charge in [0.15, 0.2) is 0 Å². The molecule has 0 saturated carbocycles. The number of carbonyl (C=O) groups excluding carboxylic acids is 1. The van der Waals surface area contributed by atoms with Crippen LogP contribution in [0.25, 0.3) is 5.65 Å². The zero-order chi connectivity index (χ0) is 17.3. The van der Waals surface area contributed by atoms with Crippen molar-refractivity contribution >= 4 is 11.6 Å². The van der Waals surface area contributed by atoms with E-state index in [2.05, 4.69) is 11.1 Å². The molecule has 4 rings (SSSR count). The number of imidazole rings is 1. The van der Waals surface area contributed by atoms with E-state index in [-0.39, 0.29) is 5.91 Å². The van der Waals surface area contributed by atoms with Crippen LogP contribution < -0.4 is 0 Å². The zero-order valence-electron chi connectivity index (χ0n) is 13.8. The number of fused-ring (bicyclic) bond motifs is 1. The van der Waals surface area contributed by atoms with E-state index < -0.39 is 5.41 Å². The van der Waals surface area contributed by atoms with Crippen molar-refractivity contribution in [1.82, 2.24) is 14.3 Å². The maximum atomic E-state index is 12.8. The Bertz CT molecular complexity index is 946. The maximum Gasteiger partial charge on any atom is 0.255 e. The highest BCUT2D eigenvalue weighted by Crippen LogP contribution is 2.35. The third-order valence-corrected chi connectivity index (χ3v) is 5.08. The Kier molecular flexibility index (Phi) is 3.73. The van der Waals surface area contributed by atoms with Crippen LogP contribution in [0.15, 0.2) is 61.1 Å². The van der Waals surface area contributed by atoms with Crippen molar-refractivity contribution in [1.29, 1.82) is 5.26 Å². The summed E-state index contributed by atoms with van der Waals surface area (Å²) in [5.74, 6) is 0.00945. The molecular weight excluding hydrogens is 312 g/mol. The zero-order valence-corrected chi connectivity index (χ0v) is 13.8. The molecule has 3 aromatic rings. The van der Waals surface area contributed by atoms with Crippen molar-refractivity contribution in [2.24, 2.45) is 0 Å². The summed E-state index contributed by atoms with van der Waals surface area (Å²) in [6.07, 6.45) is 6.68. The van der Waals surface area contributed by atoms with Crippen molar-refractivity contribution < 1.29 is 4.79 Å². The molecule has 124 valence electrons. The topological polar surface area (TPSA) is 61.4 Å². The van der Waals surface area contributed by atoms with Crippen LogP contribution in [-0.2, 0) is 5.41 Å². The first-order valence-corrected chi connectivity index (χ1v) is 8.41. The lowest BCUT2D eigenvalue weighted by Crippen LogP contribution is -2.44. The molecule has 0 radical (unpaired) electrons. The third-order valence-electron chi connectivity index (χ3n) is 5.08. The highest BCUT2D eigenvalue weighted by atomic mass is 16.2. The quantitative estimate of drug-likeness (QED) is 0.725. The lowest BCUT2D eigenvalue weighted by molar-refractivity contribution is 0.0691. The van der Waals surface area contributed by atoms with Crippen LogP contribution >= 0.6 is 0 Å². The van der Waals surface area contributed by atoms with E-state index in [0.717, 1.165) is 11.2 Å². The molecule has 0 bridgehead atoms. The minimum absolute atomic E-state index is 0.00945. The predicted molar refractivity (Wildman–Crippen MR) is 94.1 cm³/mol. The number of benzene rings is 1. The molecule has 1 saturated heterocycles. The molecule has 3 heterocycles. The molecule has 0 spiro atoms. The summed E-state index contributed by atoms with van der Waals surface area (Å²) < 4.78 is 1.85. The van der Waals surface area contributed by atoms with Gasteiger partial charge in [0.05, 0.1) is 17.0 Å². The van der Waals surface area contributed by atoms with Gasteiger partial charge in [-0.2, -0.15) is 5.26 Å².